The number of hydrogen-bond acceptors (Lipinski definition) is 4. The van der Waals surface area contributed by atoms with Crippen molar-refractivity contribution in [3.05, 3.63) is 45.7 Å². The zero-order valence-corrected chi connectivity index (χ0v) is 17.6. The van der Waals surface area contributed by atoms with Crippen molar-refractivity contribution in [3.8, 4) is 0 Å². The Morgan fingerprint density at radius 2 is 2.08 bits per heavy atom. The van der Waals surface area contributed by atoms with Crippen LogP contribution >= 0.6 is 11.3 Å². The molecule has 2 aromatic rings. The molecule has 0 bridgehead atoms. The number of rotatable bonds is 7. The third kappa shape index (κ3) is 7.81. The Bertz CT molecular complexity index is 750. The van der Waals surface area contributed by atoms with Gasteiger partial charge in [0.15, 0.2) is 0 Å². The quantitative estimate of drug-likeness (QED) is 0.317. The summed E-state index contributed by atoms with van der Waals surface area (Å²) in [5.41, 5.74) is 1.69. The van der Waals surface area contributed by atoms with Crippen LogP contribution in [-0.2, 0) is 23.0 Å². The summed E-state index contributed by atoms with van der Waals surface area (Å²) in [6, 6.07) is 7.71. The number of benzene rings is 1. The SMILES string of the molecule is Cc1[c-]n(C)c(=Nc2ccccc2CC(=O)OCCCC(C)C)s1.[Yb]. The molecule has 0 unspecified atom stereocenters. The topological polar surface area (TPSA) is 43.6 Å². The van der Waals surface area contributed by atoms with Gasteiger partial charge in [0.1, 0.15) is 0 Å². The molecular weight excluding hydrogens is 493 g/mol. The van der Waals surface area contributed by atoms with E-state index < -0.39 is 0 Å². The fourth-order valence-electron chi connectivity index (χ4n) is 2.37. The van der Waals surface area contributed by atoms with E-state index in [0.29, 0.717) is 12.5 Å². The summed E-state index contributed by atoms with van der Waals surface area (Å²) in [4.78, 5) is 18.7. The second kappa shape index (κ2) is 11.4. The van der Waals surface area contributed by atoms with Crippen molar-refractivity contribution in [3.63, 3.8) is 0 Å². The van der Waals surface area contributed by atoms with E-state index in [1.807, 2.05) is 42.8 Å². The summed E-state index contributed by atoms with van der Waals surface area (Å²) in [6.45, 7) is 6.83. The third-order valence-electron chi connectivity index (χ3n) is 3.59. The van der Waals surface area contributed by atoms with Gasteiger partial charge in [-0.15, -0.1) is 0 Å². The third-order valence-corrected chi connectivity index (χ3v) is 4.53. The van der Waals surface area contributed by atoms with Crippen LogP contribution in [0.25, 0.3) is 0 Å². The minimum Gasteiger partial charge on any atom is -0.490 e. The largest absolute Gasteiger partial charge is 0.490 e. The van der Waals surface area contributed by atoms with Crippen LogP contribution in [0.5, 0.6) is 0 Å². The Balaban J connectivity index is 0.00000312. The van der Waals surface area contributed by atoms with E-state index in [2.05, 4.69) is 25.0 Å². The first-order valence-electron chi connectivity index (χ1n) is 8.29. The maximum atomic E-state index is 12.1. The number of ether oxygens (including phenoxy) is 1. The summed E-state index contributed by atoms with van der Waals surface area (Å²) in [7, 11) is 1.92. The molecular formula is C19H25N2O2SYb-. The number of hydrogen-bond donors (Lipinski definition) is 0. The van der Waals surface area contributed by atoms with Crippen molar-refractivity contribution in [2.24, 2.45) is 18.0 Å². The molecule has 1 heterocycles. The summed E-state index contributed by atoms with van der Waals surface area (Å²) in [5.74, 6) is 0.440. The van der Waals surface area contributed by atoms with Crippen molar-refractivity contribution in [1.82, 2.24) is 4.57 Å². The molecule has 0 fully saturated rings. The fraction of sp³-hybridized carbons (Fsp3) is 0.474. The average molecular weight is 519 g/mol. The van der Waals surface area contributed by atoms with E-state index >= 15 is 0 Å². The fourth-order valence-corrected chi connectivity index (χ4v) is 3.15. The molecule has 4 nitrogen and oxygen atoms in total. The minimum atomic E-state index is -0.195. The first-order chi connectivity index (χ1) is 11.5. The summed E-state index contributed by atoms with van der Waals surface area (Å²) >= 11 is 1.58. The monoisotopic (exact) mass is 519 g/mol. The maximum Gasteiger partial charge on any atom is 0.310 e. The molecule has 6 heteroatoms. The Hall–Kier alpha value is -0.361. The molecule has 1 aromatic heterocycles. The van der Waals surface area contributed by atoms with Gasteiger partial charge in [-0.3, -0.25) is 4.79 Å². The average Bonchev–Trinajstić information content (AvgIpc) is 2.83. The number of carbonyl (C=O) groups excluding carboxylic acids is 1. The Morgan fingerprint density at radius 1 is 1.36 bits per heavy atom. The van der Waals surface area contributed by atoms with Crippen LogP contribution in [-0.4, -0.2) is 17.1 Å². The van der Waals surface area contributed by atoms with E-state index in [9.17, 15) is 4.79 Å². The van der Waals surface area contributed by atoms with Crippen molar-refractivity contribution >= 4 is 23.0 Å². The zero-order valence-electron chi connectivity index (χ0n) is 15.1. The number of para-hydroxylation sites is 1. The summed E-state index contributed by atoms with van der Waals surface area (Å²) in [6.07, 6.45) is 5.42. The first kappa shape index (κ1) is 22.7. The van der Waals surface area contributed by atoms with Gasteiger partial charge in [-0.05, 0) is 44.4 Å². The molecule has 0 saturated heterocycles. The van der Waals surface area contributed by atoms with Gasteiger partial charge in [0.2, 0.25) is 0 Å². The first-order valence-corrected chi connectivity index (χ1v) is 9.11. The van der Waals surface area contributed by atoms with Gasteiger partial charge < -0.3 is 14.3 Å². The van der Waals surface area contributed by atoms with E-state index in [0.717, 1.165) is 33.8 Å². The van der Waals surface area contributed by atoms with Gasteiger partial charge >= 0.3 is 5.97 Å². The molecule has 0 radical (unpaired) electrons. The second-order valence-corrected chi connectivity index (χ2v) is 7.47. The van der Waals surface area contributed by atoms with Crippen LogP contribution in [0.15, 0.2) is 29.3 Å². The number of aryl methyl sites for hydroxylation is 2. The van der Waals surface area contributed by atoms with E-state index in [1.54, 1.807) is 11.3 Å². The van der Waals surface area contributed by atoms with Crippen LogP contribution in [0.2, 0.25) is 0 Å². The molecule has 1 aromatic carbocycles. The number of thiazole rings is 1. The van der Waals surface area contributed by atoms with Crippen LogP contribution < -0.4 is 4.80 Å². The molecule has 0 saturated carbocycles. The molecule has 0 aliphatic rings. The number of esters is 1. The van der Waals surface area contributed by atoms with Crippen LogP contribution in [0, 0.1) is 66.0 Å². The summed E-state index contributed by atoms with van der Waals surface area (Å²) in [5, 5.41) is 0. The van der Waals surface area contributed by atoms with Crippen molar-refractivity contribution in [2.75, 3.05) is 6.61 Å². The number of nitrogens with zero attached hydrogens (tertiary/aromatic N) is 2. The molecule has 0 aliphatic heterocycles. The zero-order chi connectivity index (χ0) is 17.5. The van der Waals surface area contributed by atoms with Gasteiger partial charge in [-0.1, -0.05) is 36.9 Å². The van der Waals surface area contributed by atoms with Crippen molar-refractivity contribution in [2.45, 2.75) is 40.0 Å². The molecule has 0 aliphatic carbocycles. The van der Waals surface area contributed by atoms with Crippen molar-refractivity contribution in [1.29, 1.82) is 0 Å². The van der Waals surface area contributed by atoms with Crippen LogP contribution in [0.1, 0.15) is 37.1 Å². The normalized spacial score (nSPS) is 11.5. The molecule has 0 atom stereocenters. The summed E-state index contributed by atoms with van der Waals surface area (Å²) < 4.78 is 7.22. The van der Waals surface area contributed by atoms with Crippen molar-refractivity contribution < 1.29 is 56.5 Å². The Labute approximate surface area is 192 Å². The van der Waals surface area contributed by atoms with Crippen LogP contribution in [0.4, 0.5) is 5.69 Å². The molecule has 25 heavy (non-hydrogen) atoms. The Kier molecular flexibility index (Phi) is 10.3. The molecule has 144 valence electrons. The molecule has 0 N–H and O–H groups in total. The van der Waals surface area contributed by atoms with Gasteiger partial charge in [0.25, 0.3) is 0 Å². The standard InChI is InChI=1S/C19H25N2O2S.Yb/c1-14(2)8-7-11-23-18(22)12-16-9-5-6-10-17(16)20-19-21(4)13-15(3)24-19;/h5-6,9-10,14H,7-8,11-12H2,1-4H3;/q-1;. The van der Waals surface area contributed by atoms with E-state index in [4.69, 9.17) is 4.74 Å². The minimum absolute atomic E-state index is 0. The van der Waals surface area contributed by atoms with E-state index in [1.165, 1.54) is 0 Å². The van der Waals surface area contributed by atoms with Gasteiger partial charge in [0.05, 0.1) is 13.0 Å². The smallest absolute Gasteiger partial charge is 0.310 e. The molecule has 0 amide bonds. The maximum absolute atomic E-state index is 12.1. The van der Waals surface area contributed by atoms with Crippen LogP contribution in [0.3, 0.4) is 0 Å². The molecule has 0 spiro atoms. The van der Waals surface area contributed by atoms with E-state index in [-0.39, 0.29) is 59.3 Å². The number of carbonyl (C=O) groups is 1. The predicted octanol–water partition coefficient (Wildman–Crippen LogP) is 3.95. The predicted molar refractivity (Wildman–Crippen MR) is 97.3 cm³/mol. The van der Waals surface area contributed by atoms with Gasteiger partial charge in [-0.25, -0.2) is 11.3 Å². The molecule has 2 rings (SSSR count). The van der Waals surface area contributed by atoms with Gasteiger partial charge in [-0.2, -0.15) is 6.20 Å². The second-order valence-electron chi connectivity index (χ2n) is 6.29. The Morgan fingerprint density at radius 3 is 2.72 bits per heavy atom. The van der Waals surface area contributed by atoms with Gasteiger partial charge in [0, 0.05) is 57.4 Å². The number of aromatic nitrogens is 1.